The number of carbonyl (C=O) groups is 2. The fourth-order valence-corrected chi connectivity index (χ4v) is 0.467. The Morgan fingerprint density at radius 2 is 2.00 bits per heavy atom. The molecule has 8 heteroatoms. The van der Waals surface area contributed by atoms with Gasteiger partial charge in [0, 0.05) is 11.8 Å². The average molecular weight is 184 g/mol. The van der Waals surface area contributed by atoms with Crippen molar-refractivity contribution in [3.63, 3.8) is 0 Å². The van der Waals surface area contributed by atoms with Crippen LogP contribution in [0.15, 0.2) is 16.6 Å². The van der Waals surface area contributed by atoms with E-state index in [1.807, 2.05) is 0 Å². The first-order valence-corrected chi connectivity index (χ1v) is 3.11. The molecule has 0 saturated carbocycles. The molecular weight excluding hydrogens is 176 g/mol. The molecule has 70 valence electrons. The van der Waals surface area contributed by atoms with Gasteiger partial charge in [0.25, 0.3) is 5.91 Å². The SMILES string of the molecule is CC(=O)N/C(N)=C(/N)C(=O)N=[N+]=[N-]. The van der Waals surface area contributed by atoms with Crippen LogP contribution in [0.25, 0.3) is 10.4 Å². The number of nitrogens with two attached hydrogens (primary N) is 2. The van der Waals surface area contributed by atoms with Gasteiger partial charge < -0.3 is 16.8 Å². The van der Waals surface area contributed by atoms with Gasteiger partial charge in [0.15, 0.2) is 0 Å². The molecule has 0 aliphatic carbocycles. The van der Waals surface area contributed by atoms with Crippen molar-refractivity contribution in [3.8, 4) is 0 Å². The molecule has 0 aromatic heterocycles. The number of rotatable bonds is 2. The zero-order chi connectivity index (χ0) is 10.4. The highest BCUT2D eigenvalue weighted by Crippen LogP contribution is 1.91. The first kappa shape index (κ1) is 10.8. The van der Waals surface area contributed by atoms with Crippen LogP contribution in [0.1, 0.15) is 6.92 Å². The molecule has 13 heavy (non-hydrogen) atoms. The second-order valence-corrected chi connectivity index (χ2v) is 2.00. The van der Waals surface area contributed by atoms with Gasteiger partial charge in [-0.3, -0.25) is 9.59 Å². The van der Waals surface area contributed by atoms with Crippen LogP contribution in [0.3, 0.4) is 0 Å². The van der Waals surface area contributed by atoms with Crippen molar-refractivity contribution in [2.45, 2.75) is 6.92 Å². The molecule has 0 spiro atoms. The van der Waals surface area contributed by atoms with Crippen molar-refractivity contribution in [2.75, 3.05) is 0 Å². The Bertz CT molecular complexity index is 313. The minimum absolute atomic E-state index is 0.329. The second-order valence-electron chi connectivity index (χ2n) is 2.00. The van der Waals surface area contributed by atoms with Gasteiger partial charge in [-0.1, -0.05) is 0 Å². The summed E-state index contributed by atoms with van der Waals surface area (Å²) in [4.78, 5) is 23.4. The number of carbonyl (C=O) groups excluding carboxylic acids is 2. The number of nitrogens with zero attached hydrogens (tertiary/aromatic N) is 3. The zero-order valence-corrected chi connectivity index (χ0v) is 6.81. The number of azide groups is 1. The summed E-state index contributed by atoms with van der Waals surface area (Å²) in [5, 5.41) is 4.75. The van der Waals surface area contributed by atoms with Crippen molar-refractivity contribution in [2.24, 2.45) is 16.6 Å². The fourth-order valence-electron chi connectivity index (χ4n) is 0.467. The third-order valence-corrected chi connectivity index (χ3v) is 0.967. The molecule has 0 atom stereocenters. The largest absolute Gasteiger partial charge is 0.393 e. The molecule has 8 nitrogen and oxygen atoms in total. The smallest absolute Gasteiger partial charge is 0.268 e. The average Bonchev–Trinajstić information content (AvgIpc) is 2.02. The Kier molecular flexibility index (Phi) is 3.84. The summed E-state index contributed by atoms with van der Waals surface area (Å²) in [6.45, 7) is 1.19. The maximum absolute atomic E-state index is 10.7. The van der Waals surface area contributed by atoms with Crippen molar-refractivity contribution in [3.05, 3.63) is 22.0 Å². The predicted molar refractivity (Wildman–Crippen MR) is 43.4 cm³/mol. The Morgan fingerprint density at radius 1 is 1.46 bits per heavy atom. The minimum atomic E-state index is -1.03. The van der Waals surface area contributed by atoms with E-state index in [9.17, 15) is 9.59 Å². The quantitative estimate of drug-likeness (QED) is 0.219. The van der Waals surface area contributed by atoms with E-state index in [-0.39, 0.29) is 5.82 Å². The van der Waals surface area contributed by atoms with Crippen LogP contribution < -0.4 is 16.8 Å². The van der Waals surface area contributed by atoms with E-state index < -0.39 is 17.5 Å². The molecule has 0 heterocycles. The van der Waals surface area contributed by atoms with Crippen LogP contribution in [-0.4, -0.2) is 11.8 Å². The maximum atomic E-state index is 10.7. The van der Waals surface area contributed by atoms with Crippen LogP contribution in [0.4, 0.5) is 0 Å². The van der Waals surface area contributed by atoms with E-state index in [1.54, 1.807) is 0 Å². The van der Waals surface area contributed by atoms with Crippen molar-refractivity contribution < 1.29 is 9.59 Å². The molecule has 0 aromatic rings. The van der Waals surface area contributed by atoms with Gasteiger partial charge in [-0.2, -0.15) is 0 Å². The van der Waals surface area contributed by atoms with E-state index in [4.69, 9.17) is 17.0 Å². The first-order chi connectivity index (χ1) is 5.99. The predicted octanol–water partition coefficient (Wildman–Crippen LogP) is -0.954. The van der Waals surface area contributed by atoms with Gasteiger partial charge in [-0.15, -0.1) is 0 Å². The lowest BCUT2D eigenvalue weighted by atomic mass is 10.4. The maximum Gasteiger partial charge on any atom is 0.268 e. The zero-order valence-electron chi connectivity index (χ0n) is 6.81. The highest BCUT2D eigenvalue weighted by Gasteiger charge is 2.08. The third kappa shape index (κ3) is 3.63. The minimum Gasteiger partial charge on any atom is -0.393 e. The van der Waals surface area contributed by atoms with Crippen molar-refractivity contribution >= 4 is 11.8 Å². The molecule has 0 aliphatic heterocycles. The van der Waals surface area contributed by atoms with E-state index >= 15 is 0 Å². The van der Waals surface area contributed by atoms with Gasteiger partial charge in [0.05, 0.1) is 0 Å². The Hall–Kier alpha value is -2.21. The molecule has 5 N–H and O–H groups in total. The van der Waals surface area contributed by atoms with E-state index in [2.05, 4.69) is 15.3 Å². The summed E-state index contributed by atoms with van der Waals surface area (Å²) < 4.78 is 0. The van der Waals surface area contributed by atoms with Crippen LogP contribution in [0.2, 0.25) is 0 Å². The van der Waals surface area contributed by atoms with Gasteiger partial charge in [-0.05, 0) is 10.6 Å². The first-order valence-electron chi connectivity index (χ1n) is 3.11. The second kappa shape index (κ2) is 4.62. The van der Waals surface area contributed by atoms with E-state index in [0.717, 1.165) is 0 Å². The molecular formula is C5H8N6O2. The van der Waals surface area contributed by atoms with Crippen molar-refractivity contribution in [1.82, 2.24) is 5.32 Å². The highest BCUT2D eigenvalue weighted by atomic mass is 16.2. The highest BCUT2D eigenvalue weighted by molar-refractivity contribution is 5.94. The molecule has 0 fully saturated rings. The Balaban J connectivity index is 4.70. The fraction of sp³-hybridized carbons (Fsp3) is 0.200. The van der Waals surface area contributed by atoms with E-state index in [1.165, 1.54) is 6.92 Å². The molecule has 0 rings (SSSR count). The molecule has 0 aromatic carbocycles. The number of hydrogen-bond acceptors (Lipinski definition) is 4. The summed E-state index contributed by atoms with van der Waals surface area (Å²) in [7, 11) is 0. The van der Waals surface area contributed by atoms with Gasteiger partial charge in [0.1, 0.15) is 11.5 Å². The third-order valence-electron chi connectivity index (χ3n) is 0.967. The van der Waals surface area contributed by atoms with Gasteiger partial charge in [-0.25, -0.2) is 0 Å². The van der Waals surface area contributed by atoms with Gasteiger partial charge >= 0.3 is 0 Å². The topological polar surface area (TPSA) is 147 Å². The summed E-state index contributed by atoms with van der Waals surface area (Å²) in [6, 6.07) is 0. The lowest BCUT2D eigenvalue weighted by molar-refractivity contribution is -0.118. The summed E-state index contributed by atoms with van der Waals surface area (Å²) in [5.41, 5.74) is 17.7. The number of nitrogens with one attached hydrogen (secondary N) is 1. The van der Waals surface area contributed by atoms with Crippen LogP contribution in [0, 0.1) is 0 Å². The van der Waals surface area contributed by atoms with Crippen LogP contribution >= 0.6 is 0 Å². The summed E-state index contributed by atoms with van der Waals surface area (Å²) in [6.07, 6.45) is 0. The normalized spacial score (nSPS) is 10.8. The number of amides is 2. The monoisotopic (exact) mass is 184 g/mol. The number of hydrogen-bond donors (Lipinski definition) is 3. The molecule has 0 saturated heterocycles. The van der Waals surface area contributed by atoms with Crippen LogP contribution in [-0.2, 0) is 9.59 Å². The molecule has 0 unspecified atom stereocenters. The standard InChI is InChI=1S/C5H8N6O2/c1-2(12)9-4(7)3(6)5(13)10-11-8/h6-7H2,1H3,(H,9,12)/b4-3+. The van der Waals surface area contributed by atoms with Crippen LogP contribution in [0.5, 0.6) is 0 Å². The molecule has 2 amide bonds. The lowest BCUT2D eigenvalue weighted by Crippen LogP contribution is -2.30. The Morgan fingerprint density at radius 3 is 2.38 bits per heavy atom. The summed E-state index contributed by atoms with van der Waals surface area (Å²) in [5.74, 6) is -1.84. The summed E-state index contributed by atoms with van der Waals surface area (Å²) >= 11 is 0. The molecule has 0 radical (unpaired) electrons. The van der Waals surface area contributed by atoms with Gasteiger partial charge in [0.2, 0.25) is 5.91 Å². The molecule has 0 bridgehead atoms. The molecule has 0 aliphatic rings. The lowest BCUT2D eigenvalue weighted by Gasteiger charge is -2.03. The van der Waals surface area contributed by atoms with Crippen molar-refractivity contribution in [1.29, 1.82) is 0 Å². The Labute approximate surface area is 73.2 Å². The van der Waals surface area contributed by atoms with E-state index in [0.29, 0.717) is 0 Å².